The predicted molar refractivity (Wildman–Crippen MR) is 76.0 cm³/mol. The number of hydrogen-bond acceptors (Lipinski definition) is 5. The number of ether oxygens (including phenoxy) is 2. The van der Waals surface area contributed by atoms with E-state index in [-0.39, 0.29) is 12.2 Å². The molecule has 0 fully saturated rings. The summed E-state index contributed by atoms with van der Waals surface area (Å²) in [5, 5.41) is 9.11. The fraction of sp³-hybridized carbons (Fsp3) is 0.357. The number of aliphatic carboxylic acids is 1. The van der Waals surface area contributed by atoms with Gasteiger partial charge in [-0.1, -0.05) is 0 Å². The predicted octanol–water partition coefficient (Wildman–Crippen LogP) is 1.35. The molecule has 2 rings (SSSR count). The monoisotopic (exact) mass is 292 g/mol. The summed E-state index contributed by atoms with van der Waals surface area (Å²) in [6.45, 7) is 4.55. The molecule has 0 bridgehead atoms. The van der Waals surface area contributed by atoms with Gasteiger partial charge in [0.2, 0.25) is 0 Å². The second kappa shape index (κ2) is 6.25. The molecule has 0 aliphatic rings. The molecule has 1 heterocycles. The van der Waals surface area contributed by atoms with Crippen LogP contribution in [0.5, 0.6) is 11.5 Å². The topological polar surface area (TPSA) is 102 Å². The van der Waals surface area contributed by atoms with Gasteiger partial charge >= 0.3 is 5.97 Å². The summed E-state index contributed by atoms with van der Waals surface area (Å²) in [6.07, 6.45) is -0.345. The van der Waals surface area contributed by atoms with Crippen molar-refractivity contribution in [2.45, 2.75) is 20.3 Å². The van der Waals surface area contributed by atoms with Crippen LogP contribution in [0.3, 0.4) is 0 Å². The Morgan fingerprint density at radius 1 is 1.24 bits per heavy atom. The highest BCUT2D eigenvalue weighted by molar-refractivity contribution is 5.82. The van der Waals surface area contributed by atoms with Crippen LogP contribution in [0.2, 0.25) is 0 Å². The van der Waals surface area contributed by atoms with Crippen LogP contribution >= 0.6 is 0 Å². The first-order valence-corrected chi connectivity index (χ1v) is 6.59. The molecule has 0 saturated carbocycles. The molecule has 0 spiro atoms. The molecule has 0 amide bonds. The van der Waals surface area contributed by atoms with Gasteiger partial charge in [-0.3, -0.25) is 9.59 Å². The number of carboxylic acid groups (broad SMARTS) is 1. The minimum atomic E-state index is -1.06. The van der Waals surface area contributed by atoms with E-state index in [2.05, 4.69) is 9.97 Å². The average Bonchev–Trinajstić information content (AvgIpc) is 2.40. The summed E-state index contributed by atoms with van der Waals surface area (Å²) in [5.74, 6) is -0.0172. The zero-order valence-electron chi connectivity index (χ0n) is 11.8. The van der Waals surface area contributed by atoms with E-state index in [1.54, 1.807) is 12.1 Å². The second-order valence-corrected chi connectivity index (χ2v) is 4.27. The van der Waals surface area contributed by atoms with Gasteiger partial charge in [0, 0.05) is 6.07 Å². The molecule has 0 aliphatic heterocycles. The van der Waals surface area contributed by atoms with Gasteiger partial charge in [-0.2, -0.15) is 0 Å². The van der Waals surface area contributed by atoms with Crippen LogP contribution < -0.4 is 15.0 Å². The maximum atomic E-state index is 12.0. The lowest BCUT2D eigenvalue weighted by molar-refractivity contribution is -0.136. The number of H-pyrrole nitrogens is 1. The van der Waals surface area contributed by atoms with Crippen LogP contribution in [-0.4, -0.2) is 34.3 Å². The Balaban J connectivity index is 2.60. The molecule has 21 heavy (non-hydrogen) atoms. The van der Waals surface area contributed by atoms with Crippen LogP contribution in [0.4, 0.5) is 0 Å². The second-order valence-electron chi connectivity index (χ2n) is 4.27. The van der Waals surface area contributed by atoms with Gasteiger partial charge in [0.05, 0.1) is 24.1 Å². The van der Waals surface area contributed by atoms with Crippen LogP contribution in [0.15, 0.2) is 16.9 Å². The van der Waals surface area contributed by atoms with Gasteiger partial charge in [0.25, 0.3) is 5.56 Å². The number of rotatable bonds is 6. The first kappa shape index (κ1) is 14.8. The van der Waals surface area contributed by atoms with E-state index < -0.39 is 11.5 Å². The molecule has 0 aliphatic carbocycles. The number of carboxylic acids is 1. The Labute approximate surface area is 120 Å². The molecule has 7 nitrogen and oxygen atoms in total. The van der Waals surface area contributed by atoms with E-state index in [0.717, 1.165) is 0 Å². The summed E-state index contributed by atoms with van der Waals surface area (Å²) in [4.78, 5) is 29.3. The molecule has 0 atom stereocenters. The zero-order valence-corrected chi connectivity index (χ0v) is 11.8. The summed E-state index contributed by atoms with van der Waals surface area (Å²) in [6, 6.07) is 3.14. The molecule has 2 N–H and O–H groups in total. The van der Waals surface area contributed by atoms with Crippen molar-refractivity contribution in [3.8, 4) is 11.5 Å². The molecule has 7 heteroatoms. The molecule has 112 valence electrons. The van der Waals surface area contributed by atoms with Crippen molar-refractivity contribution >= 4 is 16.9 Å². The summed E-state index contributed by atoms with van der Waals surface area (Å²) >= 11 is 0. The molecule has 0 radical (unpaired) electrons. The minimum Gasteiger partial charge on any atom is -0.490 e. The van der Waals surface area contributed by atoms with E-state index in [9.17, 15) is 9.59 Å². The third-order valence-corrected chi connectivity index (χ3v) is 2.74. The molecular formula is C14H16N2O5. The normalized spacial score (nSPS) is 10.6. The van der Waals surface area contributed by atoms with E-state index in [1.165, 1.54) is 0 Å². The number of nitrogens with zero attached hydrogens (tertiary/aromatic N) is 1. The Morgan fingerprint density at radius 2 is 1.86 bits per heavy atom. The lowest BCUT2D eigenvalue weighted by atomic mass is 10.2. The Kier molecular flexibility index (Phi) is 4.42. The Morgan fingerprint density at radius 3 is 2.43 bits per heavy atom. The van der Waals surface area contributed by atoms with Crippen molar-refractivity contribution in [3.05, 3.63) is 28.3 Å². The number of fused-ring (bicyclic) bond motifs is 1. The first-order valence-electron chi connectivity index (χ1n) is 6.59. The van der Waals surface area contributed by atoms with Gasteiger partial charge < -0.3 is 19.6 Å². The van der Waals surface area contributed by atoms with Crippen LogP contribution in [0.1, 0.15) is 19.7 Å². The lowest BCUT2D eigenvalue weighted by Crippen LogP contribution is -2.15. The van der Waals surface area contributed by atoms with Gasteiger partial charge in [0.15, 0.2) is 11.5 Å². The fourth-order valence-corrected chi connectivity index (χ4v) is 1.96. The summed E-state index contributed by atoms with van der Waals surface area (Å²) in [5.41, 5.74) is -0.0258. The van der Waals surface area contributed by atoms with Crippen molar-refractivity contribution in [2.75, 3.05) is 13.2 Å². The highest BCUT2D eigenvalue weighted by Gasteiger charge is 2.13. The Hall–Kier alpha value is -2.57. The lowest BCUT2D eigenvalue weighted by Gasteiger charge is -2.11. The smallest absolute Gasteiger partial charge is 0.311 e. The maximum absolute atomic E-state index is 12.0. The van der Waals surface area contributed by atoms with Gasteiger partial charge in [-0.05, 0) is 19.9 Å². The summed E-state index contributed by atoms with van der Waals surface area (Å²) in [7, 11) is 0. The number of aromatic amines is 1. The first-order chi connectivity index (χ1) is 10.0. The third-order valence-electron chi connectivity index (χ3n) is 2.74. The van der Waals surface area contributed by atoms with Gasteiger partial charge in [-0.25, -0.2) is 4.98 Å². The fourth-order valence-electron chi connectivity index (χ4n) is 1.96. The number of hydrogen-bond donors (Lipinski definition) is 2. The van der Waals surface area contributed by atoms with Crippen molar-refractivity contribution in [2.24, 2.45) is 0 Å². The SMILES string of the molecule is CCOc1cc2nc(CC(=O)O)[nH]c(=O)c2cc1OCC. The third kappa shape index (κ3) is 3.31. The number of nitrogens with one attached hydrogen (secondary N) is 1. The van der Waals surface area contributed by atoms with Crippen molar-refractivity contribution in [1.29, 1.82) is 0 Å². The highest BCUT2D eigenvalue weighted by atomic mass is 16.5. The number of benzene rings is 1. The van der Waals surface area contributed by atoms with E-state index in [1.807, 2.05) is 13.8 Å². The highest BCUT2D eigenvalue weighted by Crippen LogP contribution is 2.30. The van der Waals surface area contributed by atoms with E-state index in [4.69, 9.17) is 14.6 Å². The van der Waals surface area contributed by atoms with Crippen molar-refractivity contribution in [1.82, 2.24) is 9.97 Å². The standard InChI is InChI=1S/C14H16N2O5/c1-3-20-10-5-8-9(6-11(10)21-4-2)15-12(7-13(17)18)16-14(8)19/h5-6H,3-4,7H2,1-2H3,(H,17,18)(H,15,16,19). The van der Waals surface area contributed by atoms with Crippen LogP contribution in [0, 0.1) is 0 Å². The molecular weight excluding hydrogens is 276 g/mol. The quantitative estimate of drug-likeness (QED) is 0.833. The van der Waals surface area contributed by atoms with Gasteiger partial charge in [0.1, 0.15) is 12.2 Å². The molecule has 0 unspecified atom stereocenters. The van der Waals surface area contributed by atoms with E-state index >= 15 is 0 Å². The van der Waals surface area contributed by atoms with Gasteiger partial charge in [-0.15, -0.1) is 0 Å². The van der Waals surface area contributed by atoms with Crippen LogP contribution in [0.25, 0.3) is 10.9 Å². The molecule has 1 aromatic heterocycles. The molecule has 1 aromatic carbocycles. The number of aromatic nitrogens is 2. The molecule has 2 aromatic rings. The average molecular weight is 292 g/mol. The zero-order chi connectivity index (χ0) is 15.4. The van der Waals surface area contributed by atoms with Crippen molar-refractivity contribution in [3.63, 3.8) is 0 Å². The van der Waals surface area contributed by atoms with E-state index in [0.29, 0.717) is 35.6 Å². The minimum absolute atomic E-state index is 0.103. The number of carbonyl (C=O) groups is 1. The van der Waals surface area contributed by atoms with Crippen LogP contribution in [-0.2, 0) is 11.2 Å². The summed E-state index contributed by atoms with van der Waals surface area (Å²) < 4.78 is 10.9. The van der Waals surface area contributed by atoms with Crippen molar-refractivity contribution < 1.29 is 19.4 Å². The Bertz CT molecular complexity index is 723. The molecule has 0 saturated heterocycles. The maximum Gasteiger partial charge on any atom is 0.311 e. The largest absolute Gasteiger partial charge is 0.490 e.